The number of rotatable bonds is 2. The molecule has 1 atom stereocenters. The summed E-state index contributed by atoms with van der Waals surface area (Å²) >= 11 is 0. The fourth-order valence-electron chi connectivity index (χ4n) is 1.59. The van der Waals surface area contributed by atoms with Gasteiger partial charge in [-0.1, -0.05) is 0 Å². The molecular weight excluding hydrogens is 171 g/mol. The highest BCUT2D eigenvalue weighted by Gasteiger charge is 2.22. The Hall–Kier alpha value is -0.970. The number of hydrogen-bond acceptors (Lipinski definition) is 3. The van der Waals surface area contributed by atoms with Gasteiger partial charge in [-0.25, -0.2) is 9.37 Å². The largest absolute Gasteiger partial charge is 0.293 e. The molecule has 1 aliphatic heterocycles. The maximum Gasteiger partial charge on any atom is 0.140 e. The van der Waals surface area contributed by atoms with E-state index in [9.17, 15) is 4.39 Å². The molecule has 0 N–H and O–H groups in total. The molecule has 0 aromatic carbocycles. The van der Waals surface area contributed by atoms with E-state index in [-0.39, 0.29) is 0 Å². The summed E-state index contributed by atoms with van der Waals surface area (Å²) in [6, 6.07) is 0. The number of aryl methyl sites for hydroxylation is 1. The SMILES string of the molecule is Cn1ncnc1CN1CCC(F)C1. The number of halogens is 1. The molecule has 72 valence electrons. The van der Waals surface area contributed by atoms with Gasteiger partial charge in [0, 0.05) is 20.1 Å². The van der Waals surface area contributed by atoms with Crippen LogP contribution in [-0.4, -0.2) is 38.9 Å². The summed E-state index contributed by atoms with van der Waals surface area (Å²) < 4.78 is 14.5. The van der Waals surface area contributed by atoms with E-state index in [0.29, 0.717) is 19.5 Å². The van der Waals surface area contributed by atoms with E-state index < -0.39 is 6.17 Å². The van der Waals surface area contributed by atoms with E-state index in [1.54, 1.807) is 4.68 Å². The van der Waals surface area contributed by atoms with Crippen LogP contribution in [0.2, 0.25) is 0 Å². The van der Waals surface area contributed by atoms with E-state index >= 15 is 0 Å². The molecule has 1 aliphatic rings. The molecule has 1 saturated heterocycles. The van der Waals surface area contributed by atoms with Crippen LogP contribution in [0.5, 0.6) is 0 Å². The summed E-state index contributed by atoms with van der Waals surface area (Å²) in [6.07, 6.45) is 1.52. The zero-order valence-corrected chi connectivity index (χ0v) is 7.65. The number of hydrogen-bond donors (Lipinski definition) is 0. The number of alkyl halides is 1. The minimum Gasteiger partial charge on any atom is -0.293 e. The van der Waals surface area contributed by atoms with Crippen molar-refractivity contribution < 1.29 is 4.39 Å². The first-order valence-corrected chi connectivity index (χ1v) is 4.45. The van der Waals surface area contributed by atoms with Crippen LogP contribution >= 0.6 is 0 Å². The normalized spacial score (nSPS) is 24.0. The second-order valence-electron chi connectivity index (χ2n) is 3.42. The van der Waals surface area contributed by atoms with Crippen LogP contribution < -0.4 is 0 Å². The van der Waals surface area contributed by atoms with E-state index in [0.717, 1.165) is 12.4 Å². The second-order valence-corrected chi connectivity index (χ2v) is 3.42. The summed E-state index contributed by atoms with van der Waals surface area (Å²) in [5, 5.41) is 3.96. The highest BCUT2D eigenvalue weighted by atomic mass is 19.1. The quantitative estimate of drug-likeness (QED) is 0.665. The molecule has 13 heavy (non-hydrogen) atoms. The predicted octanol–water partition coefficient (Wildman–Crippen LogP) is 0.359. The third-order valence-corrected chi connectivity index (χ3v) is 2.39. The smallest absolute Gasteiger partial charge is 0.140 e. The van der Waals surface area contributed by atoms with Gasteiger partial charge in [-0.2, -0.15) is 5.10 Å². The maximum atomic E-state index is 12.8. The lowest BCUT2D eigenvalue weighted by atomic mass is 10.3. The molecule has 1 aromatic rings. The molecule has 4 nitrogen and oxygen atoms in total. The Bertz CT molecular complexity index is 285. The van der Waals surface area contributed by atoms with Crippen LogP contribution in [0.25, 0.3) is 0 Å². The highest BCUT2D eigenvalue weighted by Crippen LogP contribution is 2.13. The van der Waals surface area contributed by atoms with E-state index in [1.165, 1.54) is 6.33 Å². The fraction of sp³-hybridized carbons (Fsp3) is 0.750. The first-order valence-electron chi connectivity index (χ1n) is 4.45. The zero-order valence-electron chi connectivity index (χ0n) is 7.65. The Labute approximate surface area is 76.4 Å². The molecule has 1 aromatic heterocycles. The molecule has 0 spiro atoms. The maximum absolute atomic E-state index is 12.8. The van der Waals surface area contributed by atoms with Crippen molar-refractivity contribution in [1.82, 2.24) is 19.7 Å². The lowest BCUT2D eigenvalue weighted by molar-refractivity contribution is 0.274. The summed E-state index contributed by atoms with van der Waals surface area (Å²) in [7, 11) is 1.85. The Morgan fingerprint density at radius 3 is 3.08 bits per heavy atom. The van der Waals surface area contributed by atoms with Crippen LogP contribution in [0.3, 0.4) is 0 Å². The topological polar surface area (TPSA) is 34.0 Å². The molecular formula is C8H13FN4. The van der Waals surface area contributed by atoms with E-state index in [1.807, 2.05) is 7.05 Å². The van der Waals surface area contributed by atoms with Crippen molar-refractivity contribution in [3.63, 3.8) is 0 Å². The first kappa shape index (κ1) is 8.62. The van der Waals surface area contributed by atoms with Crippen molar-refractivity contribution in [1.29, 1.82) is 0 Å². The van der Waals surface area contributed by atoms with E-state index in [2.05, 4.69) is 15.0 Å². The van der Waals surface area contributed by atoms with Gasteiger partial charge in [-0.3, -0.25) is 9.58 Å². The highest BCUT2D eigenvalue weighted by molar-refractivity contribution is 4.86. The third-order valence-electron chi connectivity index (χ3n) is 2.39. The van der Waals surface area contributed by atoms with Crippen LogP contribution in [0.4, 0.5) is 4.39 Å². The van der Waals surface area contributed by atoms with Gasteiger partial charge in [0.05, 0.1) is 6.54 Å². The van der Waals surface area contributed by atoms with Gasteiger partial charge in [0.2, 0.25) is 0 Å². The number of nitrogens with zero attached hydrogens (tertiary/aromatic N) is 4. The van der Waals surface area contributed by atoms with Crippen LogP contribution in [0.15, 0.2) is 6.33 Å². The number of aromatic nitrogens is 3. The van der Waals surface area contributed by atoms with Gasteiger partial charge in [0.15, 0.2) is 0 Å². The Kier molecular flexibility index (Phi) is 2.26. The summed E-state index contributed by atoms with van der Waals surface area (Å²) in [4.78, 5) is 6.16. The molecule has 0 radical (unpaired) electrons. The second kappa shape index (κ2) is 3.41. The Balaban J connectivity index is 1.95. The fourth-order valence-corrected chi connectivity index (χ4v) is 1.59. The Morgan fingerprint density at radius 2 is 2.54 bits per heavy atom. The van der Waals surface area contributed by atoms with Gasteiger partial charge in [-0.05, 0) is 6.42 Å². The molecule has 1 unspecified atom stereocenters. The zero-order chi connectivity index (χ0) is 9.26. The van der Waals surface area contributed by atoms with Crippen molar-refractivity contribution in [2.75, 3.05) is 13.1 Å². The minimum absolute atomic E-state index is 0.535. The molecule has 0 aliphatic carbocycles. The van der Waals surface area contributed by atoms with Gasteiger partial charge in [0.1, 0.15) is 18.3 Å². The molecule has 5 heteroatoms. The monoisotopic (exact) mass is 184 g/mol. The van der Waals surface area contributed by atoms with Crippen LogP contribution in [0.1, 0.15) is 12.2 Å². The van der Waals surface area contributed by atoms with Crippen LogP contribution in [0, 0.1) is 0 Å². The number of likely N-dealkylation sites (tertiary alicyclic amines) is 1. The molecule has 0 amide bonds. The first-order chi connectivity index (χ1) is 6.25. The van der Waals surface area contributed by atoms with Crippen molar-refractivity contribution >= 4 is 0 Å². The van der Waals surface area contributed by atoms with Gasteiger partial charge in [0.25, 0.3) is 0 Å². The molecule has 2 rings (SSSR count). The van der Waals surface area contributed by atoms with E-state index in [4.69, 9.17) is 0 Å². The van der Waals surface area contributed by atoms with Crippen molar-refractivity contribution in [2.24, 2.45) is 7.05 Å². The average Bonchev–Trinajstić information content (AvgIpc) is 2.64. The van der Waals surface area contributed by atoms with Gasteiger partial charge in [-0.15, -0.1) is 0 Å². The predicted molar refractivity (Wildman–Crippen MR) is 45.8 cm³/mol. The van der Waals surface area contributed by atoms with Gasteiger partial charge >= 0.3 is 0 Å². The molecule has 0 saturated carbocycles. The van der Waals surface area contributed by atoms with Crippen molar-refractivity contribution in [2.45, 2.75) is 19.1 Å². The Morgan fingerprint density at radius 1 is 1.69 bits per heavy atom. The summed E-state index contributed by atoms with van der Waals surface area (Å²) in [6.45, 7) is 2.07. The lowest BCUT2D eigenvalue weighted by Gasteiger charge is -2.12. The lowest BCUT2D eigenvalue weighted by Crippen LogP contribution is -2.22. The standard InChI is InChI=1S/C8H13FN4/c1-12-8(10-6-11-12)5-13-3-2-7(9)4-13/h6-7H,2-5H2,1H3. The van der Waals surface area contributed by atoms with Crippen molar-refractivity contribution in [3.05, 3.63) is 12.2 Å². The summed E-state index contributed by atoms with van der Waals surface area (Å²) in [5.41, 5.74) is 0. The molecule has 0 bridgehead atoms. The molecule has 1 fully saturated rings. The van der Waals surface area contributed by atoms with Crippen molar-refractivity contribution in [3.8, 4) is 0 Å². The van der Waals surface area contributed by atoms with Crippen LogP contribution in [-0.2, 0) is 13.6 Å². The minimum atomic E-state index is -0.659. The van der Waals surface area contributed by atoms with Gasteiger partial charge < -0.3 is 0 Å². The third kappa shape index (κ3) is 1.85. The molecule has 2 heterocycles. The summed E-state index contributed by atoms with van der Waals surface area (Å²) in [5.74, 6) is 0.897. The average molecular weight is 184 g/mol.